The van der Waals surface area contributed by atoms with Crippen molar-refractivity contribution >= 4 is 17.6 Å². The van der Waals surface area contributed by atoms with Crippen molar-refractivity contribution in [1.29, 1.82) is 0 Å². The van der Waals surface area contributed by atoms with Gasteiger partial charge in [0.1, 0.15) is 0 Å². The third-order valence-electron chi connectivity index (χ3n) is 1.93. The number of pyridine rings is 1. The average Bonchev–Trinajstić information content (AvgIpc) is 2.28. The van der Waals surface area contributed by atoms with Crippen LogP contribution in [0.1, 0.15) is 6.92 Å². The van der Waals surface area contributed by atoms with Gasteiger partial charge in [-0.25, -0.2) is 4.79 Å². The molecule has 1 heterocycles. The Morgan fingerprint density at radius 3 is 2.32 bits per heavy atom. The molecule has 1 rings (SSSR count). The molecule has 0 bridgehead atoms. The van der Waals surface area contributed by atoms with E-state index in [9.17, 15) is 22.8 Å². The number of halogens is 3. The van der Waals surface area contributed by atoms with Gasteiger partial charge >= 0.3 is 12.1 Å². The summed E-state index contributed by atoms with van der Waals surface area (Å²) in [6, 6.07) is 2.78. The van der Waals surface area contributed by atoms with Gasteiger partial charge in [0.25, 0.3) is 5.91 Å². The second kappa shape index (κ2) is 5.22. The van der Waals surface area contributed by atoms with Crippen molar-refractivity contribution in [2.45, 2.75) is 18.8 Å². The smallest absolute Gasteiger partial charge is 0.428 e. The highest BCUT2D eigenvalue weighted by atomic mass is 19.4. The number of nitrogens with one attached hydrogen (secondary N) is 1. The first kappa shape index (κ1) is 14.9. The lowest BCUT2D eigenvalue weighted by Gasteiger charge is -2.24. The molecule has 0 spiro atoms. The lowest BCUT2D eigenvalue weighted by molar-refractivity contribution is -0.212. The van der Waals surface area contributed by atoms with Gasteiger partial charge in [0, 0.05) is 18.1 Å². The highest BCUT2D eigenvalue weighted by Gasteiger charge is 2.46. The number of nitrogens with zero attached hydrogens (tertiary/aromatic N) is 1. The zero-order valence-corrected chi connectivity index (χ0v) is 9.69. The second-order valence-corrected chi connectivity index (χ2v) is 3.68. The van der Waals surface area contributed by atoms with Crippen LogP contribution in [0.15, 0.2) is 24.5 Å². The van der Waals surface area contributed by atoms with E-state index in [-0.39, 0.29) is 5.69 Å². The number of carbonyl (C=O) groups is 2. The Bertz CT molecular complexity index is 474. The zero-order chi connectivity index (χ0) is 14.7. The lowest BCUT2D eigenvalue weighted by atomic mass is 10.2. The molecule has 0 radical (unpaired) electrons. The summed E-state index contributed by atoms with van der Waals surface area (Å²) in [6.45, 7) is 0.840. The summed E-state index contributed by atoms with van der Waals surface area (Å²) in [6.07, 6.45) is -2.52. The zero-order valence-electron chi connectivity index (χ0n) is 9.69. The van der Waals surface area contributed by atoms with Crippen molar-refractivity contribution in [3.63, 3.8) is 0 Å². The number of rotatable bonds is 3. The van der Waals surface area contributed by atoms with Crippen molar-refractivity contribution in [3.05, 3.63) is 24.5 Å². The van der Waals surface area contributed by atoms with E-state index in [1.165, 1.54) is 24.5 Å². The molecule has 1 aromatic rings. The van der Waals surface area contributed by atoms with Crippen LogP contribution in [0.5, 0.6) is 0 Å². The number of hydrogen-bond acceptors (Lipinski definition) is 5. The minimum absolute atomic E-state index is 0.250. The molecule has 1 aromatic heterocycles. The Morgan fingerprint density at radius 1 is 1.32 bits per heavy atom. The molecule has 0 fully saturated rings. The molecule has 6 nitrogen and oxygen atoms in total. The van der Waals surface area contributed by atoms with Crippen LogP contribution in [0.2, 0.25) is 0 Å². The Labute approximate surface area is 105 Å². The fraction of sp³-hybridized carbons (Fsp3) is 0.300. The molecule has 1 amide bonds. The van der Waals surface area contributed by atoms with Gasteiger partial charge in [-0.1, -0.05) is 0 Å². The van der Waals surface area contributed by atoms with Crippen LogP contribution in [-0.2, 0) is 14.3 Å². The molecule has 0 saturated carbocycles. The molecule has 9 heteroatoms. The van der Waals surface area contributed by atoms with Crippen molar-refractivity contribution < 1.29 is 27.5 Å². The third kappa shape index (κ3) is 4.21. The number of anilines is 1. The number of ether oxygens (including phenoxy) is 1. The van der Waals surface area contributed by atoms with Crippen LogP contribution in [0.4, 0.5) is 18.9 Å². The number of alkyl halides is 3. The number of aromatic nitrogens is 1. The van der Waals surface area contributed by atoms with Gasteiger partial charge in [0.05, 0.1) is 0 Å². The molecule has 0 saturated heterocycles. The minimum atomic E-state index is -5.22. The van der Waals surface area contributed by atoms with E-state index in [0.29, 0.717) is 0 Å². The summed E-state index contributed by atoms with van der Waals surface area (Å²) in [5.41, 5.74) is 3.04. The maximum absolute atomic E-state index is 12.0. The normalized spacial score (nSPS) is 14.4. The van der Waals surface area contributed by atoms with E-state index in [2.05, 4.69) is 15.0 Å². The molecule has 1 unspecified atom stereocenters. The Kier molecular flexibility index (Phi) is 4.10. The molecule has 104 valence electrons. The summed E-state index contributed by atoms with van der Waals surface area (Å²) in [5.74, 6) is -3.64. The molecular weight excluding hydrogens is 267 g/mol. The third-order valence-corrected chi connectivity index (χ3v) is 1.93. The fourth-order valence-electron chi connectivity index (χ4n) is 0.987. The summed E-state index contributed by atoms with van der Waals surface area (Å²) in [7, 11) is 0. The van der Waals surface area contributed by atoms with Crippen LogP contribution in [-0.4, -0.2) is 28.8 Å². The summed E-state index contributed by atoms with van der Waals surface area (Å²) in [4.78, 5) is 25.9. The van der Waals surface area contributed by atoms with E-state index in [4.69, 9.17) is 5.73 Å². The summed E-state index contributed by atoms with van der Waals surface area (Å²) < 4.78 is 39.9. The molecule has 0 aliphatic heterocycles. The van der Waals surface area contributed by atoms with Crippen molar-refractivity contribution in [2.75, 3.05) is 5.32 Å². The standard InChI is InChI=1S/C10H10F3N3O3/c1-9(14,19-8(18)10(11,12)13)7(17)16-6-2-4-15-5-3-6/h2-5H,14H2,1H3,(H,15,16,17). The lowest BCUT2D eigenvalue weighted by Crippen LogP contribution is -2.53. The quantitative estimate of drug-likeness (QED) is 0.629. The van der Waals surface area contributed by atoms with Crippen molar-refractivity contribution in [2.24, 2.45) is 5.73 Å². The van der Waals surface area contributed by atoms with Gasteiger partial charge in [0.2, 0.25) is 5.72 Å². The van der Waals surface area contributed by atoms with Crippen LogP contribution in [0.25, 0.3) is 0 Å². The Hall–Kier alpha value is -2.16. The van der Waals surface area contributed by atoms with E-state index in [1.807, 2.05) is 0 Å². The monoisotopic (exact) mass is 277 g/mol. The highest BCUT2D eigenvalue weighted by Crippen LogP contribution is 2.20. The number of amides is 1. The van der Waals surface area contributed by atoms with Crippen LogP contribution < -0.4 is 11.1 Å². The van der Waals surface area contributed by atoms with E-state index < -0.39 is 23.8 Å². The molecule has 0 aliphatic carbocycles. The number of hydrogen-bond donors (Lipinski definition) is 2. The summed E-state index contributed by atoms with van der Waals surface area (Å²) in [5, 5.41) is 2.19. The van der Waals surface area contributed by atoms with Gasteiger partial charge in [-0.05, 0) is 19.1 Å². The highest BCUT2D eigenvalue weighted by molar-refractivity contribution is 5.97. The Balaban J connectivity index is 2.72. The first-order valence-electron chi connectivity index (χ1n) is 4.93. The maximum atomic E-state index is 12.0. The van der Waals surface area contributed by atoms with E-state index in [1.54, 1.807) is 0 Å². The SMILES string of the molecule is CC(N)(OC(=O)C(F)(F)F)C(=O)Nc1ccncc1. The van der Waals surface area contributed by atoms with Gasteiger partial charge in [0.15, 0.2) is 0 Å². The Morgan fingerprint density at radius 2 is 1.84 bits per heavy atom. The van der Waals surface area contributed by atoms with Gasteiger partial charge < -0.3 is 10.1 Å². The van der Waals surface area contributed by atoms with Gasteiger partial charge in [-0.3, -0.25) is 15.5 Å². The minimum Gasteiger partial charge on any atom is -0.428 e. The predicted octanol–water partition coefficient (Wildman–Crippen LogP) is 0.800. The van der Waals surface area contributed by atoms with Crippen LogP contribution >= 0.6 is 0 Å². The average molecular weight is 277 g/mol. The van der Waals surface area contributed by atoms with E-state index >= 15 is 0 Å². The molecule has 0 aliphatic rings. The van der Waals surface area contributed by atoms with Crippen molar-refractivity contribution in [1.82, 2.24) is 4.98 Å². The first-order chi connectivity index (χ1) is 8.63. The molecule has 19 heavy (non-hydrogen) atoms. The number of esters is 1. The van der Waals surface area contributed by atoms with Crippen LogP contribution in [0, 0.1) is 0 Å². The molecular formula is C10H10F3N3O3. The predicted molar refractivity (Wildman–Crippen MR) is 57.6 cm³/mol. The summed E-state index contributed by atoms with van der Waals surface area (Å²) >= 11 is 0. The molecule has 3 N–H and O–H groups in total. The fourth-order valence-corrected chi connectivity index (χ4v) is 0.987. The second-order valence-electron chi connectivity index (χ2n) is 3.68. The van der Waals surface area contributed by atoms with Crippen molar-refractivity contribution in [3.8, 4) is 0 Å². The topological polar surface area (TPSA) is 94.3 Å². The van der Waals surface area contributed by atoms with Gasteiger partial charge in [-0.2, -0.15) is 13.2 Å². The molecule has 1 atom stereocenters. The largest absolute Gasteiger partial charge is 0.491 e. The van der Waals surface area contributed by atoms with Crippen LogP contribution in [0.3, 0.4) is 0 Å². The number of carbonyl (C=O) groups excluding carboxylic acids is 2. The van der Waals surface area contributed by atoms with E-state index in [0.717, 1.165) is 6.92 Å². The first-order valence-corrected chi connectivity index (χ1v) is 4.93. The number of nitrogens with two attached hydrogens (primary N) is 1. The molecule has 0 aromatic carbocycles. The van der Waals surface area contributed by atoms with Gasteiger partial charge in [-0.15, -0.1) is 0 Å². The maximum Gasteiger partial charge on any atom is 0.491 e.